The van der Waals surface area contributed by atoms with Crippen molar-refractivity contribution >= 4 is 7.60 Å². The van der Waals surface area contributed by atoms with Crippen LogP contribution in [0, 0.1) is 0 Å². The Morgan fingerprint density at radius 1 is 1.10 bits per heavy atom. The fourth-order valence-electron chi connectivity index (χ4n) is 2.22. The van der Waals surface area contributed by atoms with Crippen molar-refractivity contribution in [2.75, 3.05) is 19.4 Å². The first-order valence-electron chi connectivity index (χ1n) is 8.06. The summed E-state index contributed by atoms with van der Waals surface area (Å²) in [5.41, 5.74) is 0. The van der Waals surface area contributed by atoms with E-state index in [-0.39, 0.29) is 0 Å². The molecule has 1 aromatic heterocycles. The topological polar surface area (TPSA) is 44.3 Å². The molecule has 1 rings (SSSR count). The van der Waals surface area contributed by atoms with Crippen molar-refractivity contribution in [2.24, 2.45) is 0 Å². The van der Waals surface area contributed by atoms with Crippen molar-refractivity contribution in [3.05, 3.63) is 18.7 Å². The van der Waals surface area contributed by atoms with Gasteiger partial charge in [-0.2, -0.15) is 0 Å². The number of aryl methyl sites for hydroxylation is 2. The van der Waals surface area contributed by atoms with Gasteiger partial charge in [0.2, 0.25) is 6.33 Å². The molecule has 0 fully saturated rings. The predicted molar refractivity (Wildman–Crippen MR) is 84.5 cm³/mol. The molecule has 5 nitrogen and oxygen atoms in total. The lowest BCUT2D eigenvalue weighted by Gasteiger charge is -2.15. The predicted octanol–water partition coefficient (Wildman–Crippen LogP) is 3.62. The van der Waals surface area contributed by atoms with Gasteiger partial charge in [0.25, 0.3) is 0 Å². The van der Waals surface area contributed by atoms with Crippen LogP contribution in [0.2, 0.25) is 0 Å². The van der Waals surface area contributed by atoms with Crippen molar-refractivity contribution in [1.82, 2.24) is 4.57 Å². The second-order valence-electron chi connectivity index (χ2n) is 5.12. The van der Waals surface area contributed by atoms with Crippen LogP contribution in [-0.4, -0.2) is 23.9 Å². The van der Waals surface area contributed by atoms with Gasteiger partial charge in [0, 0.05) is 0 Å². The van der Waals surface area contributed by atoms with Gasteiger partial charge in [0.05, 0.1) is 25.9 Å². The first-order chi connectivity index (χ1) is 10.1. The molecule has 0 N–H and O–H groups in total. The highest BCUT2D eigenvalue weighted by molar-refractivity contribution is 7.53. The Morgan fingerprint density at radius 3 is 2.43 bits per heavy atom. The maximum absolute atomic E-state index is 12.4. The van der Waals surface area contributed by atoms with Crippen molar-refractivity contribution in [3.8, 4) is 0 Å². The Labute approximate surface area is 128 Å². The summed E-state index contributed by atoms with van der Waals surface area (Å²) in [7, 11) is -2.94. The number of unbranched alkanes of at least 4 members (excludes halogenated alkanes) is 3. The Hall–Kier alpha value is -0.640. The molecule has 0 radical (unpaired) electrons. The second kappa shape index (κ2) is 10.1. The van der Waals surface area contributed by atoms with E-state index in [4.69, 9.17) is 9.05 Å². The summed E-state index contributed by atoms with van der Waals surface area (Å²) >= 11 is 0. The largest absolute Gasteiger partial charge is 0.334 e. The number of nitrogens with zero attached hydrogens (tertiary/aromatic N) is 2. The standard InChI is InChI=1S/C15H30N2O3P/c1-4-7-8-9-10-16-11-12-17(15-16)13-14-21(18,19-5-2)20-6-3/h11-12,15H,4-10,13-14H2,1-3H3/q+1. The van der Waals surface area contributed by atoms with Crippen LogP contribution in [0.15, 0.2) is 18.7 Å². The summed E-state index contributed by atoms with van der Waals surface area (Å²) < 4.78 is 27.2. The maximum Gasteiger partial charge on any atom is 0.334 e. The average molecular weight is 317 g/mol. The fourth-order valence-corrected chi connectivity index (χ4v) is 3.82. The van der Waals surface area contributed by atoms with Crippen molar-refractivity contribution < 1.29 is 18.2 Å². The van der Waals surface area contributed by atoms with Gasteiger partial charge in [-0.3, -0.25) is 4.57 Å². The molecule has 1 aromatic rings. The van der Waals surface area contributed by atoms with Gasteiger partial charge >= 0.3 is 7.60 Å². The highest BCUT2D eigenvalue weighted by atomic mass is 31.2. The van der Waals surface area contributed by atoms with E-state index < -0.39 is 7.60 Å². The van der Waals surface area contributed by atoms with Crippen LogP contribution >= 0.6 is 7.60 Å². The first-order valence-corrected chi connectivity index (χ1v) is 9.79. The van der Waals surface area contributed by atoms with Crippen LogP contribution in [0.3, 0.4) is 0 Å². The molecule has 0 amide bonds. The molecule has 1 heterocycles. The van der Waals surface area contributed by atoms with E-state index in [0.29, 0.717) is 25.9 Å². The van der Waals surface area contributed by atoms with Crippen LogP contribution in [-0.2, 0) is 26.7 Å². The van der Waals surface area contributed by atoms with Crippen LogP contribution in [0.1, 0.15) is 46.5 Å². The second-order valence-corrected chi connectivity index (χ2v) is 7.31. The molecule has 0 bridgehead atoms. The summed E-state index contributed by atoms with van der Waals surface area (Å²) in [6.07, 6.45) is 11.6. The molecule has 0 atom stereocenters. The molecule has 0 aliphatic heterocycles. The lowest BCUT2D eigenvalue weighted by molar-refractivity contribution is -0.696. The van der Waals surface area contributed by atoms with Gasteiger partial charge in [-0.15, -0.1) is 0 Å². The Morgan fingerprint density at radius 2 is 1.81 bits per heavy atom. The third-order valence-electron chi connectivity index (χ3n) is 3.30. The van der Waals surface area contributed by atoms with Gasteiger partial charge in [-0.25, -0.2) is 9.13 Å². The van der Waals surface area contributed by atoms with Gasteiger partial charge in [0.1, 0.15) is 18.9 Å². The zero-order valence-corrected chi connectivity index (χ0v) is 14.6. The highest BCUT2D eigenvalue weighted by Crippen LogP contribution is 2.47. The lowest BCUT2D eigenvalue weighted by Crippen LogP contribution is -2.31. The minimum Gasteiger partial charge on any atom is -0.309 e. The van der Waals surface area contributed by atoms with Gasteiger partial charge < -0.3 is 9.05 Å². The number of imidazole rings is 1. The van der Waals surface area contributed by atoms with E-state index in [2.05, 4.69) is 24.0 Å². The Kier molecular flexibility index (Phi) is 8.90. The highest BCUT2D eigenvalue weighted by Gasteiger charge is 2.24. The molecular formula is C15H30N2O3P+. The molecule has 0 aliphatic rings. The van der Waals surface area contributed by atoms with E-state index in [1.54, 1.807) is 0 Å². The third kappa shape index (κ3) is 7.25. The lowest BCUT2D eigenvalue weighted by atomic mass is 10.2. The quantitative estimate of drug-likeness (QED) is 0.336. The van der Waals surface area contributed by atoms with Crippen molar-refractivity contribution in [3.63, 3.8) is 0 Å². The maximum atomic E-state index is 12.4. The van der Waals surface area contributed by atoms with Gasteiger partial charge in [-0.05, 0) is 26.7 Å². The van der Waals surface area contributed by atoms with Gasteiger partial charge in [0.15, 0.2) is 0 Å². The first kappa shape index (κ1) is 18.4. The van der Waals surface area contributed by atoms with E-state index in [9.17, 15) is 4.57 Å². The van der Waals surface area contributed by atoms with E-state index in [0.717, 1.165) is 6.54 Å². The SMILES string of the molecule is CCCCCC[n+]1ccn(CCP(=O)(OCC)OCC)c1. The van der Waals surface area contributed by atoms with Crippen LogP contribution in [0.5, 0.6) is 0 Å². The molecular weight excluding hydrogens is 287 g/mol. The minimum atomic E-state index is -2.94. The summed E-state index contributed by atoms with van der Waals surface area (Å²) in [6, 6.07) is 0. The monoisotopic (exact) mass is 317 g/mol. The average Bonchev–Trinajstić information content (AvgIpc) is 2.90. The van der Waals surface area contributed by atoms with Crippen molar-refractivity contribution in [2.45, 2.75) is 59.5 Å². The van der Waals surface area contributed by atoms with Crippen LogP contribution < -0.4 is 4.57 Å². The van der Waals surface area contributed by atoms with E-state index in [1.807, 2.05) is 24.6 Å². The molecule has 0 saturated carbocycles. The summed E-state index contributed by atoms with van der Waals surface area (Å²) in [6.45, 7) is 8.43. The van der Waals surface area contributed by atoms with Crippen molar-refractivity contribution in [1.29, 1.82) is 0 Å². The molecule has 0 unspecified atom stereocenters. The fraction of sp³-hybridized carbons (Fsp3) is 0.800. The number of hydrogen-bond donors (Lipinski definition) is 0. The van der Waals surface area contributed by atoms with Crippen LogP contribution in [0.25, 0.3) is 0 Å². The Bertz CT molecular complexity index is 424. The zero-order chi connectivity index (χ0) is 15.6. The molecule has 0 saturated heterocycles. The number of hydrogen-bond acceptors (Lipinski definition) is 3. The Balaban J connectivity index is 2.41. The number of rotatable bonds is 12. The minimum absolute atomic E-state index is 0.416. The summed E-state index contributed by atoms with van der Waals surface area (Å²) in [5.74, 6) is 0. The molecule has 6 heteroatoms. The van der Waals surface area contributed by atoms with E-state index in [1.165, 1.54) is 25.7 Å². The summed E-state index contributed by atoms with van der Waals surface area (Å²) in [4.78, 5) is 0. The molecule has 21 heavy (non-hydrogen) atoms. The van der Waals surface area contributed by atoms with E-state index >= 15 is 0 Å². The molecule has 0 aliphatic carbocycles. The number of aromatic nitrogens is 2. The molecule has 0 aromatic carbocycles. The molecule has 122 valence electrons. The normalized spacial score (nSPS) is 12.0. The third-order valence-corrected chi connectivity index (χ3v) is 5.35. The molecule has 0 spiro atoms. The van der Waals surface area contributed by atoms with Crippen LogP contribution in [0.4, 0.5) is 0 Å². The summed E-state index contributed by atoms with van der Waals surface area (Å²) in [5, 5.41) is 0. The smallest absolute Gasteiger partial charge is 0.309 e. The zero-order valence-electron chi connectivity index (χ0n) is 13.7. The van der Waals surface area contributed by atoms with Gasteiger partial charge in [-0.1, -0.05) is 19.8 Å².